The van der Waals surface area contributed by atoms with Crippen LogP contribution in [0.5, 0.6) is 5.88 Å². The minimum Gasteiger partial charge on any atom is -0.472 e. The van der Waals surface area contributed by atoms with Crippen LogP contribution in [0.15, 0.2) is 47.3 Å². The van der Waals surface area contributed by atoms with Gasteiger partial charge in [0, 0.05) is 17.8 Å². The average molecular weight is 350 g/mol. The van der Waals surface area contributed by atoms with Gasteiger partial charge in [-0.15, -0.1) is 10.2 Å². The Balaban J connectivity index is 1.70. The average Bonchev–Trinajstić information content (AvgIpc) is 2.91. The van der Waals surface area contributed by atoms with E-state index in [9.17, 15) is 18.0 Å². The number of aromatic amines is 1. The maximum atomic E-state index is 12.7. The Labute approximate surface area is 139 Å². The molecule has 0 aliphatic rings. The molecular weight excluding hydrogens is 337 g/mol. The van der Waals surface area contributed by atoms with Crippen molar-refractivity contribution in [2.75, 3.05) is 0 Å². The molecule has 0 radical (unpaired) electrons. The highest BCUT2D eigenvalue weighted by atomic mass is 19.4. The predicted molar refractivity (Wildman–Crippen MR) is 82.5 cm³/mol. The van der Waals surface area contributed by atoms with Gasteiger partial charge in [0.25, 0.3) is 5.56 Å². The summed E-state index contributed by atoms with van der Waals surface area (Å²) >= 11 is 0. The molecule has 0 aliphatic carbocycles. The molecule has 0 unspecified atom stereocenters. The van der Waals surface area contributed by atoms with Crippen LogP contribution in [0.2, 0.25) is 0 Å². The molecule has 1 aromatic carbocycles. The number of aryl methyl sites for hydroxylation is 1. The van der Waals surface area contributed by atoms with Gasteiger partial charge in [0.15, 0.2) is 5.82 Å². The van der Waals surface area contributed by atoms with Crippen molar-refractivity contribution in [2.45, 2.75) is 19.7 Å². The van der Waals surface area contributed by atoms with Gasteiger partial charge in [-0.25, -0.2) is 0 Å². The molecule has 130 valence electrons. The third-order valence-corrected chi connectivity index (χ3v) is 3.34. The van der Waals surface area contributed by atoms with Gasteiger partial charge in [-0.05, 0) is 30.7 Å². The van der Waals surface area contributed by atoms with Crippen LogP contribution >= 0.6 is 0 Å². The summed E-state index contributed by atoms with van der Waals surface area (Å²) in [4.78, 5) is 11.7. The summed E-state index contributed by atoms with van der Waals surface area (Å²) in [6.07, 6.45) is -4.40. The van der Waals surface area contributed by atoms with E-state index in [1.807, 2.05) is 0 Å². The van der Waals surface area contributed by atoms with E-state index in [0.29, 0.717) is 11.3 Å². The predicted octanol–water partition coefficient (Wildman–Crippen LogP) is 2.86. The lowest BCUT2D eigenvalue weighted by Gasteiger charge is -2.09. The number of ether oxygens (including phenoxy) is 1. The summed E-state index contributed by atoms with van der Waals surface area (Å²) in [7, 11) is 0. The number of nitrogens with one attached hydrogen (secondary N) is 1. The zero-order valence-corrected chi connectivity index (χ0v) is 13.0. The number of H-pyrrole nitrogens is 1. The number of hydrogen-bond acceptors (Lipinski definition) is 4. The van der Waals surface area contributed by atoms with E-state index in [1.54, 1.807) is 6.92 Å². The standard InChI is InChI=1S/C16H13F3N4O2/c1-10-7-15(24)23(22-10)13-5-6-14(21-20-13)25-9-11-3-2-4-12(8-11)16(17,18)19/h2-8,22H,9H2,1H3. The van der Waals surface area contributed by atoms with E-state index in [2.05, 4.69) is 15.3 Å². The molecule has 0 fully saturated rings. The lowest BCUT2D eigenvalue weighted by molar-refractivity contribution is -0.137. The van der Waals surface area contributed by atoms with Crippen LogP contribution in [-0.2, 0) is 12.8 Å². The van der Waals surface area contributed by atoms with Crippen molar-refractivity contribution < 1.29 is 17.9 Å². The Bertz CT molecular complexity index is 930. The third-order valence-electron chi connectivity index (χ3n) is 3.34. The van der Waals surface area contributed by atoms with E-state index < -0.39 is 11.7 Å². The van der Waals surface area contributed by atoms with Gasteiger partial charge in [0.1, 0.15) is 6.61 Å². The molecule has 3 aromatic rings. The molecule has 6 nitrogen and oxygen atoms in total. The summed E-state index contributed by atoms with van der Waals surface area (Å²) < 4.78 is 44.6. The van der Waals surface area contributed by atoms with Crippen molar-refractivity contribution in [1.82, 2.24) is 20.0 Å². The smallest absolute Gasteiger partial charge is 0.416 e. The first-order valence-electron chi connectivity index (χ1n) is 7.24. The fourth-order valence-corrected chi connectivity index (χ4v) is 2.19. The number of hydrogen-bond donors (Lipinski definition) is 1. The largest absolute Gasteiger partial charge is 0.472 e. The van der Waals surface area contributed by atoms with E-state index in [1.165, 1.54) is 35.0 Å². The van der Waals surface area contributed by atoms with Crippen LogP contribution in [0.3, 0.4) is 0 Å². The second-order valence-corrected chi connectivity index (χ2v) is 5.33. The second-order valence-electron chi connectivity index (χ2n) is 5.33. The molecule has 0 spiro atoms. The van der Waals surface area contributed by atoms with Gasteiger partial charge < -0.3 is 4.74 Å². The van der Waals surface area contributed by atoms with E-state index >= 15 is 0 Å². The van der Waals surface area contributed by atoms with Crippen molar-refractivity contribution in [2.24, 2.45) is 0 Å². The Kier molecular flexibility index (Phi) is 4.30. The molecule has 1 N–H and O–H groups in total. The fourth-order valence-electron chi connectivity index (χ4n) is 2.19. The van der Waals surface area contributed by atoms with Crippen LogP contribution in [0, 0.1) is 6.92 Å². The molecule has 0 bridgehead atoms. The number of rotatable bonds is 4. The SMILES string of the molecule is Cc1cc(=O)n(-c2ccc(OCc3cccc(C(F)(F)F)c3)nn2)[nH]1. The van der Waals surface area contributed by atoms with Crippen molar-refractivity contribution >= 4 is 0 Å². The first-order chi connectivity index (χ1) is 11.8. The summed E-state index contributed by atoms with van der Waals surface area (Å²) in [6.45, 7) is 1.65. The highest BCUT2D eigenvalue weighted by molar-refractivity contribution is 5.26. The van der Waals surface area contributed by atoms with E-state index in [0.717, 1.165) is 12.1 Å². The van der Waals surface area contributed by atoms with Crippen LogP contribution in [-0.4, -0.2) is 20.0 Å². The Morgan fingerprint density at radius 3 is 2.56 bits per heavy atom. The molecule has 0 saturated heterocycles. The zero-order chi connectivity index (χ0) is 18.0. The normalized spacial score (nSPS) is 11.5. The van der Waals surface area contributed by atoms with Crippen LogP contribution in [0.1, 0.15) is 16.8 Å². The molecule has 2 heterocycles. The van der Waals surface area contributed by atoms with Gasteiger partial charge in [-0.3, -0.25) is 9.89 Å². The van der Waals surface area contributed by atoms with Crippen molar-refractivity contribution in [3.63, 3.8) is 0 Å². The lowest BCUT2D eigenvalue weighted by atomic mass is 10.1. The van der Waals surface area contributed by atoms with Gasteiger partial charge in [0.2, 0.25) is 5.88 Å². The van der Waals surface area contributed by atoms with Gasteiger partial charge in [-0.1, -0.05) is 12.1 Å². The van der Waals surface area contributed by atoms with Crippen molar-refractivity contribution in [3.05, 3.63) is 69.6 Å². The van der Waals surface area contributed by atoms with Crippen LogP contribution in [0.4, 0.5) is 13.2 Å². The Morgan fingerprint density at radius 1 is 1.16 bits per heavy atom. The molecule has 0 atom stereocenters. The summed E-state index contributed by atoms with van der Waals surface area (Å²) in [5, 5.41) is 10.5. The maximum absolute atomic E-state index is 12.7. The van der Waals surface area contributed by atoms with E-state index in [-0.39, 0.29) is 23.9 Å². The van der Waals surface area contributed by atoms with E-state index in [4.69, 9.17) is 4.74 Å². The quantitative estimate of drug-likeness (QED) is 0.785. The monoisotopic (exact) mass is 350 g/mol. The minimum atomic E-state index is -4.40. The molecule has 9 heteroatoms. The highest BCUT2D eigenvalue weighted by Crippen LogP contribution is 2.29. The minimum absolute atomic E-state index is 0.0838. The first-order valence-corrected chi connectivity index (χ1v) is 7.24. The van der Waals surface area contributed by atoms with Crippen LogP contribution < -0.4 is 10.3 Å². The molecular formula is C16H13F3N4O2. The summed E-state index contributed by atoms with van der Waals surface area (Å²) in [6, 6.07) is 9.27. The molecule has 0 aliphatic heterocycles. The number of halogens is 3. The van der Waals surface area contributed by atoms with Gasteiger partial charge >= 0.3 is 6.18 Å². The number of aromatic nitrogens is 4. The number of alkyl halides is 3. The lowest BCUT2D eigenvalue weighted by Crippen LogP contribution is -2.15. The Morgan fingerprint density at radius 2 is 1.96 bits per heavy atom. The maximum Gasteiger partial charge on any atom is 0.416 e. The third kappa shape index (κ3) is 3.87. The Hall–Kier alpha value is -3.10. The number of benzene rings is 1. The molecule has 3 rings (SSSR count). The summed E-state index contributed by atoms with van der Waals surface area (Å²) in [5.74, 6) is 0.419. The molecule has 2 aromatic heterocycles. The fraction of sp³-hybridized carbons (Fsp3) is 0.188. The van der Waals surface area contributed by atoms with Gasteiger partial charge in [-0.2, -0.15) is 17.9 Å². The van der Waals surface area contributed by atoms with Crippen molar-refractivity contribution in [1.29, 1.82) is 0 Å². The molecule has 25 heavy (non-hydrogen) atoms. The van der Waals surface area contributed by atoms with Crippen LogP contribution in [0.25, 0.3) is 5.82 Å². The zero-order valence-electron chi connectivity index (χ0n) is 13.0. The number of nitrogens with zero attached hydrogens (tertiary/aromatic N) is 3. The molecule has 0 saturated carbocycles. The van der Waals surface area contributed by atoms with Gasteiger partial charge in [0.05, 0.1) is 5.56 Å². The highest BCUT2D eigenvalue weighted by Gasteiger charge is 2.30. The second kappa shape index (κ2) is 6.42. The first kappa shape index (κ1) is 16.7. The summed E-state index contributed by atoms with van der Waals surface area (Å²) in [5.41, 5.74) is 0.0227. The molecule has 0 amide bonds. The topological polar surface area (TPSA) is 72.8 Å². The van der Waals surface area contributed by atoms with Crippen molar-refractivity contribution in [3.8, 4) is 11.7 Å².